The van der Waals surface area contributed by atoms with E-state index in [1.807, 2.05) is 6.07 Å². The van der Waals surface area contributed by atoms with E-state index in [1.54, 1.807) is 0 Å². The highest BCUT2D eigenvalue weighted by Gasteiger charge is 2.24. The summed E-state index contributed by atoms with van der Waals surface area (Å²) >= 11 is 0. The summed E-state index contributed by atoms with van der Waals surface area (Å²) in [5, 5.41) is 8.48. The van der Waals surface area contributed by atoms with Gasteiger partial charge in [0.25, 0.3) is 0 Å². The average Bonchev–Trinajstić information content (AvgIpc) is 3.63. The minimum atomic E-state index is 0.715. The number of nitrogens with zero attached hydrogens (tertiary/aromatic N) is 4. The molecule has 4 heteroatoms. The fourth-order valence-electron chi connectivity index (χ4n) is 8.04. The SMILES string of the molecule is c1ccc(-c2nc(-c3cc4c5ccccc5n5c6ccccc6c6ccc7c(c4c(c3)n7-c3ccccc3)c65)nc3ccccc23)cc1. The summed E-state index contributed by atoms with van der Waals surface area (Å²) in [5.41, 5.74) is 11.0. The van der Waals surface area contributed by atoms with E-state index >= 15 is 0 Å². The molecule has 0 fully saturated rings. The topological polar surface area (TPSA) is 35.1 Å². The summed E-state index contributed by atoms with van der Waals surface area (Å²) in [5.74, 6) is 0.715. The largest absolute Gasteiger partial charge is 0.309 e. The van der Waals surface area contributed by atoms with Crippen LogP contribution in [-0.2, 0) is 0 Å². The molecule has 7 aromatic carbocycles. The van der Waals surface area contributed by atoms with Crippen molar-refractivity contribution in [2.75, 3.05) is 0 Å². The van der Waals surface area contributed by atoms with E-state index in [2.05, 4.69) is 161 Å². The summed E-state index contributed by atoms with van der Waals surface area (Å²) in [4.78, 5) is 10.5. The number of rotatable bonds is 3. The third kappa shape index (κ3) is 3.38. The lowest BCUT2D eigenvalue weighted by Crippen LogP contribution is -1.97. The van der Waals surface area contributed by atoms with Gasteiger partial charge < -0.3 is 8.97 Å². The van der Waals surface area contributed by atoms with Gasteiger partial charge in [-0.25, -0.2) is 9.97 Å². The van der Waals surface area contributed by atoms with E-state index in [9.17, 15) is 0 Å². The van der Waals surface area contributed by atoms with Gasteiger partial charge in [-0.15, -0.1) is 0 Å². The highest BCUT2D eigenvalue weighted by Crippen LogP contribution is 2.46. The van der Waals surface area contributed by atoms with Gasteiger partial charge in [0.1, 0.15) is 0 Å². The lowest BCUT2D eigenvalue weighted by molar-refractivity contribution is 1.18. The zero-order valence-electron chi connectivity index (χ0n) is 25.8. The molecule has 0 aliphatic rings. The van der Waals surface area contributed by atoms with E-state index in [-0.39, 0.29) is 0 Å². The number of hydrogen-bond donors (Lipinski definition) is 0. The minimum Gasteiger partial charge on any atom is -0.309 e. The van der Waals surface area contributed by atoms with Crippen molar-refractivity contribution in [2.24, 2.45) is 0 Å². The molecule has 0 aliphatic carbocycles. The maximum atomic E-state index is 5.31. The molecule has 0 atom stereocenters. The van der Waals surface area contributed by atoms with Crippen molar-refractivity contribution >= 4 is 70.8 Å². The smallest absolute Gasteiger partial charge is 0.160 e. The van der Waals surface area contributed by atoms with Crippen LogP contribution in [0, 0.1) is 0 Å². The fraction of sp³-hybridized carbons (Fsp3) is 0. The highest BCUT2D eigenvalue weighted by molar-refractivity contribution is 6.33. The molecule has 0 spiro atoms. The quantitative estimate of drug-likeness (QED) is 0.199. The van der Waals surface area contributed by atoms with Crippen molar-refractivity contribution in [3.8, 4) is 28.3 Å². The molecule has 4 heterocycles. The Balaban J connectivity index is 1.37. The number of para-hydroxylation sites is 4. The van der Waals surface area contributed by atoms with Gasteiger partial charge in [-0.2, -0.15) is 0 Å². The normalized spacial score (nSPS) is 12.2. The number of fused-ring (bicyclic) bond motifs is 7. The fourth-order valence-corrected chi connectivity index (χ4v) is 8.04. The van der Waals surface area contributed by atoms with Crippen LogP contribution in [0.4, 0.5) is 0 Å². The minimum absolute atomic E-state index is 0.715. The Kier molecular flexibility index (Phi) is 5.08. The lowest BCUT2D eigenvalue weighted by Gasteiger charge is -2.12. The first-order valence-electron chi connectivity index (χ1n) is 16.4. The molecule has 0 saturated heterocycles. The van der Waals surface area contributed by atoms with Gasteiger partial charge in [-0.1, -0.05) is 109 Å². The summed E-state index contributed by atoms with van der Waals surface area (Å²) in [6, 6.07) is 56.3. The predicted molar refractivity (Wildman–Crippen MR) is 199 cm³/mol. The maximum absolute atomic E-state index is 5.31. The molecule has 0 radical (unpaired) electrons. The maximum Gasteiger partial charge on any atom is 0.160 e. The van der Waals surface area contributed by atoms with Gasteiger partial charge in [0.15, 0.2) is 5.82 Å². The number of hydrogen-bond acceptors (Lipinski definition) is 2. The third-order valence-electron chi connectivity index (χ3n) is 10.0. The van der Waals surface area contributed by atoms with Gasteiger partial charge in [0, 0.05) is 49.1 Å². The molecule has 0 aliphatic heterocycles. The van der Waals surface area contributed by atoms with Crippen molar-refractivity contribution in [3.05, 3.63) is 158 Å². The van der Waals surface area contributed by atoms with Gasteiger partial charge >= 0.3 is 0 Å². The Bertz CT molecular complexity index is 3040. The van der Waals surface area contributed by atoms with Crippen LogP contribution < -0.4 is 0 Å². The predicted octanol–water partition coefficient (Wildman–Crippen LogP) is 11.2. The lowest BCUT2D eigenvalue weighted by atomic mass is 10.0. The Hall–Kier alpha value is -6.52. The summed E-state index contributed by atoms with van der Waals surface area (Å²) in [6.45, 7) is 0. The molecule has 11 rings (SSSR count). The van der Waals surface area contributed by atoms with E-state index in [0.717, 1.165) is 38.9 Å². The molecule has 4 nitrogen and oxygen atoms in total. The molecule has 11 aromatic rings. The molecule has 0 N–H and O–H groups in total. The monoisotopic (exact) mass is 610 g/mol. The van der Waals surface area contributed by atoms with E-state index in [4.69, 9.17) is 9.97 Å². The van der Waals surface area contributed by atoms with Crippen LogP contribution in [-0.4, -0.2) is 18.9 Å². The standard InChI is InChI=1S/C44H26N4/c1-3-13-27(14-4-1)42-33-19-7-10-20-35(33)45-44(46-42)28-25-34-31-18-9-12-22-37(31)48-36-21-11-8-17-30(36)32-23-24-38-41(43(32)48)40(34)39(26-28)47(38)29-15-5-2-6-16-29/h1-26H. The highest BCUT2D eigenvalue weighted by atomic mass is 15.0. The second-order valence-electron chi connectivity index (χ2n) is 12.6. The molecule has 48 heavy (non-hydrogen) atoms. The third-order valence-corrected chi connectivity index (χ3v) is 10.0. The number of benzene rings is 7. The molecular formula is C44H26N4. The first-order chi connectivity index (χ1) is 23.8. The summed E-state index contributed by atoms with van der Waals surface area (Å²) in [7, 11) is 0. The number of aromatic nitrogens is 4. The average molecular weight is 611 g/mol. The molecule has 0 saturated carbocycles. The second kappa shape index (κ2) is 9.50. The first kappa shape index (κ1) is 25.6. The van der Waals surface area contributed by atoms with Crippen molar-refractivity contribution in [3.63, 3.8) is 0 Å². The van der Waals surface area contributed by atoms with Crippen LogP contribution in [0.15, 0.2) is 158 Å². The van der Waals surface area contributed by atoms with Crippen LogP contribution >= 0.6 is 0 Å². The van der Waals surface area contributed by atoms with Crippen LogP contribution in [0.2, 0.25) is 0 Å². The van der Waals surface area contributed by atoms with Crippen molar-refractivity contribution in [1.82, 2.24) is 18.9 Å². The summed E-state index contributed by atoms with van der Waals surface area (Å²) < 4.78 is 4.91. The van der Waals surface area contributed by atoms with Crippen molar-refractivity contribution in [2.45, 2.75) is 0 Å². The van der Waals surface area contributed by atoms with Crippen LogP contribution in [0.3, 0.4) is 0 Å². The van der Waals surface area contributed by atoms with E-state index in [0.29, 0.717) is 5.82 Å². The van der Waals surface area contributed by atoms with E-state index in [1.165, 1.54) is 54.4 Å². The van der Waals surface area contributed by atoms with Gasteiger partial charge in [0.05, 0.1) is 38.8 Å². The van der Waals surface area contributed by atoms with Gasteiger partial charge in [-0.05, 0) is 53.9 Å². The second-order valence-corrected chi connectivity index (χ2v) is 12.6. The molecule has 0 amide bonds. The first-order valence-corrected chi connectivity index (χ1v) is 16.4. The molecular weight excluding hydrogens is 585 g/mol. The van der Waals surface area contributed by atoms with Gasteiger partial charge in [-0.3, -0.25) is 0 Å². The summed E-state index contributed by atoms with van der Waals surface area (Å²) in [6.07, 6.45) is 0. The van der Waals surface area contributed by atoms with Gasteiger partial charge in [0.2, 0.25) is 0 Å². The Morgan fingerprint density at radius 3 is 1.81 bits per heavy atom. The Labute approximate surface area is 275 Å². The Morgan fingerprint density at radius 1 is 0.396 bits per heavy atom. The van der Waals surface area contributed by atoms with Crippen molar-refractivity contribution in [1.29, 1.82) is 0 Å². The zero-order valence-corrected chi connectivity index (χ0v) is 25.8. The van der Waals surface area contributed by atoms with Crippen LogP contribution in [0.5, 0.6) is 0 Å². The van der Waals surface area contributed by atoms with Crippen LogP contribution in [0.1, 0.15) is 0 Å². The Morgan fingerprint density at radius 2 is 1.04 bits per heavy atom. The zero-order chi connectivity index (χ0) is 31.3. The van der Waals surface area contributed by atoms with E-state index < -0.39 is 0 Å². The van der Waals surface area contributed by atoms with Crippen molar-refractivity contribution < 1.29 is 0 Å². The van der Waals surface area contributed by atoms with Crippen LogP contribution in [0.25, 0.3) is 99.1 Å². The molecule has 222 valence electrons. The molecule has 0 bridgehead atoms. The molecule has 4 aromatic heterocycles. The molecule has 0 unspecified atom stereocenters.